The molecule has 100 valence electrons. The molecule has 0 aromatic heterocycles. The van der Waals surface area contributed by atoms with Gasteiger partial charge in [0.1, 0.15) is 5.82 Å². The lowest BCUT2D eigenvalue weighted by atomic mass is 10.0. The first kappa shape index (κ1) is 13.8. The van der Waals surface area contributed by atoms with Crippen molar-refractivity contribution < 1.29 is 4.39 Å². The first-order chi connectivity index (χ1) is 9.20. The first-order valence-corrected chi connectivity index (χ1v) is 6.77. The summed E-state index contributed by atoms with van der Waals surface area (Å²) >= 11 is 0. The summed E-state index contributed by atoms with van der Waals surface area (Å²) in [5, 5.41) is 3.60. The van der Waals surface area contributed by atoms with Gasteiger partial charge in [-0.25, -0.2) is 4.39 Å². The topological polar surface area (TPSA) is 12.0 Å². The third-order valence-corrected chi connectivity index (χ3v) is 3.43. The molecule has 0 radical (unpaired) electrons. The maximum Gasteiger partial charge on any atom is 0.123 e. The highest BCUT2D eigenvalue weighted by molar-refractivity contribution is 5.22. The highest BCUT2D eigenvalue weighted by atomic mass is 19.1. The second-order valence-electron chi connectivity index (χ2n) is 4.81. The van der Waals surface area contributed by atoms with E-state index in [9.17, 15) is 4.39 Å². The van der Waals surface area contributed by atoms with E-state index >= 15 is 0 Å². The fourth-order valence-corrected chi connectivity index (χ4v) is 2.28. The largest absolute Gasteiger partial charge is 0.303 e. The van der Waals surface area contributed by atoms with E-state index in [1.165, 1.54) is 17.7 Å². The molecule has 0 amide bonds. The zero-order valence-electron chi connectivity index (χ0n) is 11.4. The van der Waals surface area contributed by atoms with Crippen molar-refractivity contribution >= 4 is 0 Å². The van der Waals surface area contributed by atoms with Gasteiger partial charge in [0.05, 0.1) is 0 Å². The molecule has 0 saturated heterocycles. The molecule has 0 saturated carbocycles. The highest BCUT2D eigenvalue weighted by Crippen LogP contribution is 2.22. The molecule has 0 aliphatic rings. The predicted octanol–water partition coefficient (Wildman–Crippen LogP) is 4.63. The van der Waals surface area contributed by atoms with Crippen molar-refractivity contribution in [2.24, 2.45) is 0 Å². The lowest BCUT2D eigenvalue weighted by Crippen LogP contribution is -2.24. The number of benzene rings is 2. The van der Waals surface area contributed by atoms with E-state index < -0.39 is 0 Å². The van der Waals surface area contributed by atoms with Crippen molar-refractivity contribution in [3.63, 3.8) is 0 Å². The monoisotopic (exact) mass is 257 g/mol. The second-order valence-corrected chi connectivity index (χ2v) is 4.81. The Labute approximate surface area is 114 Å². The van der Waals surface area contributed by atoms with Crippen molar-refractivity contribution in [3.05, 3.63) is 71.5 Å². The van der Waals surface area contributed by atoms with E-state index in [-0.39, 0.29) is 11.9 Å². The number of nitrogens with one attached hydrogen (secondary N) is 1. The fraction of sp³-hybridized carbons (Fsp3) is 0.294. The van der Waals surface area contributed by atoms with Gasteiger partial charge in [-0.05, 0) is 36.6 Å². The van der Waals surface area contributed by atoms with Gasteiger partial charge in [-0.2, -0.15) is 0 Å². The summed E-state index contributed by atoms with van der Waals surface area (Å²) in [4.78, 5) is 0. The van der Waals surface area contributed by atoms with Crippen molar-refractivity contribution in [2.75, 3.05) is 0 Å². The third-order valence-electron chi connectivity index (χ3n) is 3.43. The number of halogens is 1. The zero-order chi connectivity index (χ0) is 13.7. The maximum absolute atomic E-state index is 12.9. The van der Waals surface area contributed by atoms with Crippen LogP contribution in [0.3, 0.4) is 0 Å². The molecular weight excluding hydrogens is 237 g/mol. The summed E-state index contributed by atoms with van der Waals surface area (Å²) in [5.41, 5.74) is 2.40. The molecule has 2 aromatic carbocycles. The van der Waals surface area contributed by atoms with Crippen LogP contribution in [0.25, 0.3) is 0 Å². The van der Waals surface area contributed by atoms with Gasteiger partial charge < -0.3 is 5.32 Å². The Bertz CT molecular complexity index is 492. The van der Waals surface area contributed by atoms with Crippen LogP contribution >= 0.6 is 0 Å². The Morgan fingerprint density at radius 1 is 0.947 bits per heavy atom. The predicted molar refractivity (Wildman–Crippen MR) is 77.4 cm³/mol. The minimum atomic E-state index is -0.189. The fourth-order valence-electron chi connectivity index (χ4n) is 2.28. The van der Waals surface area contributed by atoms with Crippen molar-refractivity contribution in [1.82, 2.24) is 5.32 Å². The van der Waals surface area contributed by atoms with Gasteiger partial charge >= 0.3 is 0 Å². The van der Waals surface area contributed by atoms with Crippen molar-refractivity contribution in [1.29, 1.82) is 0 Å². The van der Waals surface area contributed by atoms with Crippen LogP contribution in [0.5, 0.6) is 0 Å². The normalized spacial score (nSPS) is 14.1. The SMILES string of the molecule is CCC(N[C@@H](C)c1ccc(F)cc1)c1ccccc1. The number of hydrogen-bond donors (Lipinski definition) is 1. The molecule has 19 heavy (non-hydrogen) atoms. The molecular formula is C17H20FN. The Morgan fingerprint density at radius 2 is 1.58 bits per heavy atom. The molecule has 1 nitrogen and oxygen atoms in total. The summed E-state index contributed by atoms with van der Waals surface area (Å²) in [7, 11) is 0. The average molecular weight is 257 g/mol. The Hall–Kier alpha value is -1.67. The van der Waals surface area contributed by atoms with Crippen LogP contribution in [0.4, 0.5) is 4.39 Å². The maximum atomic E-state index is 12.9. The molecule has 2 atom stereocenters. The van der Waals surface area contributed by atoms with Crippen LogP contribution in [0.1, 0.15) is 43.5 Å². The van der Waals surface area contributed by atoms with E-state index in [4.69, 9.17) is 0 Å². The van der Waals surface area contributed by atoms with Gasteiger partial charge in [-0.1, -0.05) is 49.4 Å². The number of hydrogen-bond acceptors (Lipinski definition) is 1. The van der Waals surface area contributed by atoms with Crippen LogP contribution in [-0.4, -0.2) is 0 Å². The van der Waals surface area contributed by atoms with Crippen LogP contribution < -0.4 is 5.32 Å². The van der Waals surface area contributed by atoms with Gasteiger partial charge in [0, 0.05) is 12.1 Å². The summed E-state index contributed by atoms with van der Waals surface area (Å²) in [6, 6.07) is 17.6. The summed E-state index contributed by atoms with van der Waals surface area (Å²) in [6.07, 6.45) is 1.02. The molecule has 0 aliphatic carbocycles. The Balaban J connectivity index is 2.08. The van der Waals surface area contributed by atoms with Crippen molar-refractivity contribution in [2.45, 2.75) is 32.4 Å². The summed E-state index contributed by atoms with van der Waals surface area (Å²) in [5.74, 6) is -0.189. The van der Waals surface area contributed by atoms with Gasteiger partial charge in [0.2, 0.25) is 0 Å². The molecule has 0 bridgehead atoms. The molecule has 1 unspecified atom stereocenters. The molecule has 2 rings (SSSR count). The van der Waals surface area contributed by atoms with Gasteiger partial charge in [0.15, 0.2) is 0 Å². The summed E-state index contributed by atoms with van der Waals surface area (Å²) in [6.45, 7) is 4.28. The zero-order valence-corrected chi connectivity index (χ0v) is 11.4. The van der Waals surface area contributed by atoms with Gasteiger partial charge in [-0.15, -0.1) is 0 Å². The third kappa shape index (κ3) is 3.65. The molecule has 2 heteroatoms. The quantitative estimate of drug-likeness (QED) is 0.823. The summed E-state index contributed by atoms with van der Waals surface area (Å²) < 4.78 is 12.9. The standard InChI is InChI=1S/C17H20FN/c1-3-17(15-7-5-4-6-8-15)19-13(2)14-9-11-16(18)12-10-14/h4-13,17,19H,3H2,1-2H3/t13-,17?/m0/s1. The highest BCUT2D eigenvalue weighted by Gasteiger charge is 2.13. The van der Waals surface area contributed by atoms with Gasteiger partial charge in [0.25, 0.3) is 0 Å². The molecule has 0 heterocycles. The lowest BCUT2D eigenvalue weighted by molar-refractivity contribution is 0.456. The van der Waals surface area contributed by atoms with Crippen LogP contribution in [-0.2, 0) is 0 Å². The first-order valence-electron chi connectivity index (χ1n) is 6.77. The van der Waals surface area contributed by atoms with E-state index in [1.807, 2.05) is 18.2 Å². The smallest absolute Gasteiger partial charge is 0.123 e. The van der Waals surface area contributed by atoms with E-state index in [0.717, 1.165) is 12.0 Å². The van der Waals surface area contributed by atoms with Crippen molar-refractivity contribution in [3.8, 4) is 0 Å². The minimum Gasteiger partial charge on any atom is -0.303 e. The average Bonchev–Trinajstić information content (AvgIpc) is 2.46. The lowest BCUT2D eigenvalue weighted by Gasteiger charge is -2.23. The molecule has 0 spiro atoms. The van der Waals surface area contributed by atoms with E-state index in [0.29, 0.717) is 6.04 Å². The van der Waals surface area contributed by atoms with E-state index in [1.54, 1.807) is 0 Å². The molecule has 2 aromatic rings. The molecule has 0 aliphatic heterocycles. The second kappa shape index (κ2) is 6.48. The van der Waals surface area contributed by atoms with E-state index in [2.05, 4.69) is 43.4 Å². The Kier molecular flexibility index (Phi) is 4.69. The molecule has 1 N–H and O–H groups in total. The van der Waals surface area contributed by atoms with Crippen LogP contribution in [0.15, 0.2) is 54.6 Å². The molecule has 0 fully saturated rings. The van der Waals surface area contributed by atoms with Crippen LogP contribution in [0.2, 0.25) is 0 Å². The van der Waals surface area contributed by atoms with Gasteiger partial charge in [-0.3, -0.25) is 0 Å². The Morgan fingerprint density at radius 3 is 2.16 bits per heavy atom. The van der Waals surface area contributed by atoms with Crippen LogP contribution in [0, 0.1) is 5.82 Å². The number of rotatable bonds is 5. The minimum absolute atomic E-state index is 0.189.